The zero-order valence-corrected chi connectivity index (χ0v) is 19.4. The van der Waals surface area contributed by atoms with Gasteiger partial charge in [0.15, 0.2) is 0 Å². The lowest BCUT2D eigenvalue weighted by Crippen LogP contribution is -2.31. The van der Waals surface area contributed by atoms with Crippen LogP contribution in [0.1, 0.15) is 23.1 Å². The lowest BCUT2D eigenvalue weighted by Gasteiger charge is -2.21. The van der Waals surface area contributed by atoms with Gasteiger partial charge >= 0.3 is 0 Å². The molecular weight excluding hydrogens is 416 g/mol. The van der Waals surface area contributed by atoms with Gasteiger partial charge in [-0.1, -0.05) is 48.0 Å². The summed E-state index contributed by atoms with van der Waals surface area (Å²) in [7, 11) is 3.87. The number of amides is 1. The highest BCUT2D eigenvalue weighted by atomic mass is 35.5. The van der Waals surface area contributed by atoms with E-state index < -0.39 is 0 Å². The molecule has 7 heteroatoms. The molecule has 0 bridgehead atoms. The van der Waals surface area contributed by atoms with E-state index in [2.05, 4.69) is 38.9 Å². The molecule has 0 spiro atoms. The topological polar surface area (TPSA) is 47.9 Å². The van der Waals surface area contributed by atoms with Crippen molar-refractivity contribution in [3.05, 3.63) is 64.2 Å². The van der Waals surface area contributed by atoms with Crippen molar-refractivity contribution in [2.75, 3.05) is 40.3 Å². The third-order valence-corrected chi connectivity index (χ3v) is 6.76. The van der Waals surface area contributed by atoms with Crippen molar-refractivity contribution >= 4 is 35.3 Å². The maximum atomic E-state index is 12.5. The molecule has 3 rings (SSSR count). The molecule has 1 heterocycles. The number of nitrogens with one attached hydrogen (secondary N) is 1. The number of aryl methyl sites for hydroxylation is 1. The summed E-state index contributed by atoms with van der Waals surface area (Å²) in [6, 6.07) is 14.3. The van der Waals surface area contributed by atoms with Gasteiger partial charge in [-0.05, 0) is 49.5 Å². The molecule has 1 N–H and O–H groups in total. The second-order valence-electron chi connectivity index (χ2n) is 7.50. The third kappa shape index (κ3) is 6.24. The Morgan fingerprint density at radius 1 is 1.17 bits per heavy atom. The molecule has 1 aliphatic rings. The fraction of sp³-hybridized carbons (Fsp3) is 0.391. The Hall–Kier alpha value is -2.02. The Labute approximate surface area is 188 Å². The first-order valence-electron chi connectivity index (χ1n) is 10.2. The molecule has 0 fully saturated rings. The summed E-state index contributed by atoms with van der Waals surface area (Å²) in [5, 5.41) is 4.03. The fourth-order valence-corrected chi connectivity index (χ4v) is 4.41. The van der Waals surface area contributed by atoms with Gasteiger partial charge in [0.05, 0.1) is 11.6 Å². The van der Waals surface area contributed by atoms with Crippen LogP contribution in [0.4, 0.5) is 0 Å². The van der Waals surface area contributed by atoms with E-state index in [0.29, 0.717) is 19.5 Å². The number of halogens is 1. The number of carbonyl (C=O) groups excluding carboxylic acids is 1. The molecule has 0 aliphatic carbocycles. The summed E-state index contributed by atoms with van der Waals surface area (Å²) in [6.45, 7) is 5.18. The molecule has 0 unspecified atom stereocenters. The van der Waals surface area contributed by atoms with Crippen LogP contribution in [0.5, 0.6) is 0 Å². The van der Waals surface area contributed by atoms with Gasteiger partial charge in [-0.25, -0.2) is 4.31 Å². The van der Waals surface area contributed by atoms with Gasteiger partial charge in [0.1, 0.15) is 5.84 Å². The van der Waals surface area contributed by atoms with Crippen molar-refractivity contribution in [1.82, 2.24) is 14.5 Å². The van der Waals surface area contributed by atoms with Crippen LogP contribution in [0.2, 0.25) is 5.02 Å². The first-order chi connectivity index (χ1) is 14.4. The van der Waals surface area contributed by atoms with Crippen LogP contribution in [-0.4, -0.2) is 61.2 Å². The number of likely N-dealkylation sites (N-methyl/N-ethyl adjacent to an activating group) is 1. The number of hydrogen-bond acceptors (Lipinski definition) is 5. The van der Waals surface area contributed by atoms with E-state index in [1.807, 2.05) is 44.1 Å². The lowest BCUT2D eigenvalue weighted by atomic mass is 10.1. The predicted octanol–water partition coefficient (Wildman–Crippen LogP) is 4.03. The molecule has 0 saturated carbocycles. The van der Waals surface area contributed by atoms with Crippen LogP contribution in [-0.2, 0) is 11.2 Å². The Morgan fingerprint density at radius 3 is 2.60 bits per heavy atom. The molecule has 0 atom stereocenters. The molecule has 0 saturated heterocycles. The maximum absolute atomic E-state index is 12.5. The Kier molecular flexibility index (Phi) is 8.19. The summed E-state index contributed by atoms with van der Waals surface area (Å²) in [6.07, 6.45) is 1.32. The number of benzene rings is 2. The minimum absolute atomic E-state index is 0.152. The summed E-state index contributed by atoms with van der Waals surface area (Å²) < 4.78 is 2.07. The summed E-state index contributed by atoms with van der Waals surface area (Å²) in [4.78, 5) is 19.8. The summed E-state index contributed by atoms with van der Waals surface area (Å²) in [5.41, 5.74) is 3.48. The summed E-state index contributed by atoms with van der Waals surface area (Å²) >= 11 is 7.89. The Balaban J connectivity index is 1.42. The molecule has 0 radical (unpaired) electrons. The first-order valence-corrected chi connectivity index (χ1v) is 11.3. The largest absolute Gasteiger partial charge is 0.368 e. The molecule has 30 heavy (non-hydrogen) atoms. The van der Waals surface area contributed by atoms with Gasteiger partial charge in [-0.2, -0.15) is 0 Å². The second kappa shape index (κ2) is 10.8. The van der Waals surface area contributed by atoms with Crippen LogP contribution >= 0.6 is 23.5 Å². The van der Waals surface area contributed by atoms with Crippen molar-refractivity contribution in [2.45, 2.75) is 24.7 Å². The van der Waals surface area contributed by atoms with Crippen LogP contribution in [0.3, 0.4) is 0 Å². The third-order valence-electron chi connectivity index (χ3n) is 5.11. The zero-order valence-electron chi connectivity index (χ0n) is 17.8. The number of amidine groups is 1. The van der Waals surface area contributed by atoms with E-state index in [0.717, 1.165) is 46.4 Å². The summed E-state index contributed by atoms with van der Waals surface area (Å²) in [5.74, 6) is 1.13. The molecule has 2 aromatic rings. The molecule has 1 aliphatic heterocycles. The first kappa shape index (κ1) is 22.7. The monoisotopic (exact) mass is 444 g/mol. The Bertz CT molecular complexity index is 880. The maximum Gasteiger partial charge on any atom is 0.223 e. The van der Waals surface area contributed by atoms with Crippen molar-refractivity contribution in [1.29, 1.82) is 0 Å². The average Bonchev–Trinajstić information content (AvgIpc) is 3.28. The molecular formula is C23H29ClN4OS. The Morgan fingerprint density at radius 2 is 1.93 bits per heavy atom. The van der Waals surface area contributed by atoms with Gasteiger partial charge in [-0.15, -0.1) is 0 Å². The van der Waals surface area contributed by atoms with Gasteiger partial charge in [0, 0.05) is 43.6 Å². The SMILES string of the molecule is Cc1cccc(Cl)c1SN(C)CCC(=O)N(C)CCc1ccc(C2=NCCN2)cc1. The van der Waals surface area contributed by atoms with E-state index >= 15 is 0 Å². The standard InChI is InChI=1S/C23H29ClN4OS/c1-17-5-4-6-20(24)22(17)30-28(3)16-12-21(29)27(2)15-11-18-7-9-19(10-8-18)23-25-13-14-26-23/h4-10H,11-16H2,1-3H3,(H,25,26). The van der Waals surface area contributed by atoms with E-state index in [1.165, 1.54) is 5.56 Å². The van der Waals surface area contributed by atoms with Crippen LogP contribution in [0.15, 0.2) is 52.4 Å². The normalized spacial score (nSPS) is 13.3. The highest BCUT2D eigenvalue weighted by molar-refractivity contribution is 7.97. The molecule has 160 valence electrons. The zero-order chi connectivity index (χ0) is 21.5. The van der Waals surface area contributed by atoms with Gasteiger partial charge < -0.3 is 10.2 Å². The van der Waals surface area contributed by atoms with E-state index in [9.17, 15) is 4.79 Å². The molecule has 5 nitrogen and oxygen atoms in total. The molecule has 2 aromatic carbocycles. The van der Waals surface area contributed by atoms with Crippen LogP contribution in [0.25, 0.3) is 0 Å². The highest BCUT2D eigenvalue weighted by Crippen LogP contribution is 2.31. The van der Waals surface area contributed by atoms with Crippen molar-refractivity contribution < 1.29 is 4.79 Å². The van der Waals surface area contributed by atoms with Gasteiger partial charge in [0.2, 0.25) is 5.91 Å². The second-order valence-corrected chi connectivity index (χ2v) is 9.12. The van der Waals surface area contributed by atoms with Crippen LogP contribution < -0.4 is 5.32 Å². The predicted molar refractivity (Wildman–Crippen MR) is 126 cm³/mol. The lowest BCUT2D eigenvalue weighted by molar-refractivity contribution is -0.129. The van der Waals surface area contributed by atoms with Crippen molar-refractivity contribution in [2.24, 2.45) is 4.99 Å². The van der Waals surface area contributed by atoms with E-state index in [1.54, 1.807) is 11.9 Å². The van der Waals surface area contributed by atoms with Crippen LogP contribution in [0, 0.1) is 6.92 Å². The number of aliphatic imine (C=N–C) groups is 1. The number of hydrogen-bond donors (Lipinski definition) is 1. The quantitative estimate of drug-likeness (QED) is 0.593. The van der Waals surface area contributed by atoms with Crippen molar-refractivity contribution in [3.63, 3.8) is 0 Å². The number of carbonyl (C=O) groups is 1. The minimum Gasteiger partial charge on any atom is -0.368 e. The molecule has 0 aromatic heterocycles. The average molecular weight is 445 g/mol. The minimum atomic E-state index is 0.152. The number of rotatable bonds is 9. The molecule has 1 amide bonds. The van der Waals surface area contributed by atoms with E-state index in [-0.39, 0.29) is 5.91 Å². The number of nitrogens with zero attached hydrogens (tertiary/aromatic N) is 3. The van der Waals surface area contributed by atoms with Gasteiger partial charge in [-0.3, -0.25) is 9.79 Å². The van der Waals surface area contributed by atoms with Gasteiger partial charge in [0.25, 0.3) is 0 Å². The smallest absolute Gasteiger partial charge is 0.223 e. The fourth-order valence-electron chi connectivity index (χ4n) is 3.22. The van der Waals surface area contributed by atoms with E-state index in [4.69, 9.17) is 11.6 Å². The highest BCUT2D eigenvalue weighted by Gasteiger charge is 2.13. The van der Waals surface area contributed by atoms with Crippen molar-refractivity contribution in [3.8, 4) is 0 Å².